The molecule has 0 saturated heterocycles. The van der Waals surface area contributed by atoms with Gasteiger partial charge in [0.05, 0.1) is 28.1 Å². The Balaban J connectivity index is 1.62. The van der Waals surface area contributed by atoms with Crippen LogP contribution in [0.15, 0.2) is 59.5 Å². The number of pyridine rings is 1. The molecular weight excluding hydrogens is 609 g/mol. The number of nitrogens with one attached hydrogen (secondary N) is 1. The molecule has 4 aromatic rings. The number of aliphatic hydroxyl groups is 2. The fourth-order valence-corrected chi connectivity index (χ4v) is 4.69. The number of hydrogen-bond donors (Lipinski definition) is 3. The van der Waals surface area contributed by atoms with E-state index in [0.29, 0.717) is 35.7 Å². The van der Waals surface area contributed by atoms with Crippen LogP contribution in [0.5, 0.6) is 5.75 Å². The van der Waals surface area contributed by atoms with Gasteiger partial charge in [0.15, 0.2) is 0 Å². The summed E-state index contributed by atoms with van der Waals surface area (Å²) in [7, 11) is 0. The molecule has 1 aromatic carbocycles. The Morgan fingerprint density at radius 2 is 2.09 bits per heavy atom. The highest BCUT2D eigenvalue weighted by Gasteiger charge is 2.18. The third-order valence-electron chi connectivity index (χ3n) is 4.81. The van der Waals surface area contributed by atoms with Crippen molar-refractivity contribution in [2.24, 2.45) is 0 Å². The van der Waals surface area contributed by atoms with Crippen molar-refractivity contribution in [2.75, 3.05) is 13.2 Å². The van der Waals surface area contributed by atoms with Crippen molar-refractivity contribution < 1.29 is 19.7 Å². The van der Waals surface area contributed by atoms with E-state index in [9.17, 15) is 14.7 Å². The predicted molar refractivity (Wildman–Crippen MR) is 139 cm³/mol. The molecule has 1 atom stereocenters. The van der Waals surface area contributed by atoms with Gasteiger partial charge in [-0.1, -0.05) is 22.9 Å². The average Bonchev–Trinajstić information content (AvgIpc) is 3.46. The first-order valence-corrected chi connectivity index (χ1v) is 12.5. The van der Waals surface area contributed by atoms with Crippen LogP contribution in [0.4, 0.5) is 0 Å². The minimum atomic E-state index is -1.09. The van der Waals surface area contributed by atoms with E-state index < -0.39 is 12.7 Å². The molecule has 182 valence electrons. The molecule has 3 heterocycles. The van der Waals surface area contributed by atoms with E-state index in [1.54, 1.807) is 48.7 Å². The summed E-state index contributed by atoms with van der Waals surface area (Å²) in [5.74, 6) is 0.0456. The zero-order chi connectivity index (χ0) is 24.9. The highest BCUT2D eigenvalue weighted by atomic mass is 127. The van der Waals surface area contributed by atoms with Crippen molar-refractivity contribution in [2.45, 2.75) is 12.6 Å². The molecule has 0 fully saturated rings. The maximum atomic E-state index is 12.3. The van der Waals surface area contributed by atoms with Crippen LogP contribution in [0.25, 0.3) is 11.4 Å². The molecule has 1 amide bonds. The smallest absolute Gasteiger partial charge is 0.261 e. The third kappa shape index (κ3) is 5.90. The van der Waals surface area contributed by atoms with Crippen molar-refractivity contribution in [1.82, 2.24) is 24.9 Å². The van der Waals surface area contributed by atoms with Gasteiger partial charge in [0.2, 0.25) is 0 Å². The van der Waals surface area contributed by atoms with E-state index in [-0.39, 0.29) is 24.6 Å². The molecule has 13 heteroatoms. The lowest BCUT2D eigenvalue weighted by atomic mass is 10.2. The molecule has 3 aromatic heterocycles. The quantitative estimate of drug-likeness (QED) is 0.243. The number of ether oxygens (including phenoxy) is 1. The monoisotopic (exact) mass is 627 g/mol. The van der Waals surface area contributed by atoms with Crippen LogP contribution in [0.1, 0.15) is 15.4 Å². The number of nitrogens with zero attached hydrogens (tertiary/aromatic N) is 4. The van der Waals surface area contributed by atoms with Crippen LogP contribution in [0.3, 0.4) is 0 Å². The standard InChI is InChI=1S/C22H19ClIN5O5S/c23-19-7-6-18(35-19)22(33)25-10-15-21(24)29(27-26-15)16-5-4-13(28-8-2-1-3-20(28)32)9-17(16)34-12-14(31)11-30/h1-9,14,30-31H,10-12H2,(H,25,33)/t14-/m1/s1. The lowest BCUT2D eigenvalue weighted by Crippen LogP contribution is -2.23. The summed E-state index contributed by atoms with van der Waals surface area (Å²) < 4.78 is 9.90. The summed E-state index contributed by atoms with van der Waals surface area (Å²) in [5.41, 5.74) is 1.36. The molecule has 0 saturated carbocycles. The Hall–Kier alpha value is -2.78. The van der Waals surface area contributed by atoms with Crippen LogP contribution in [-0.2, 0) is 6.54 Å². The second-order valence-corrected chi connectivity index (χ2v) is 9.97. The summed E-state index contributed by atoms with van der Waals surface area (Å²) in [5, 5.41) is 30.1. The van der Waals surface area contributed by atoms with Crippen molar-refractivity contribution >= 4 is 51.4 Å². The molecule has 0 aliphatic rings. The second kappa shape index (κ2) is 11.3. The summed E-state index contributed by atoms with van der Waals surface area (Å²) in [6.07, 6.45) is 0.544. The zero-order valence-corrected chi connectivity index (χ0v) is 21.7. The third-order valence-corrected chi connectivity index (χ3v) is 7.12. The first-order chi connectivity index (χ1) is 16.9. The van der Waals surface area contributed by atoms with Crippen LogP contribution >= 0.6 is 45.5 Å². The van der Waals surface area contributed by atoms with Crippen molar-refractivity contribution in [1.29, 1.82) is 0 Å². The Kier molecular flexibility index (Phi) is 8.18. The average molecular weight is 628 g/mol. The molecule has 0 spiro atoms. The number of carbonyl (C=O) groups is 1. The Labute approximate surface area is 221 Å². The van der Waals surface area contributed by atoms with Gasteiger partial charge in [-0.05, 0) is 52.9 Å². The van der Waals surface area contributed by atoms with Gasteiger partial charge in [-0.2, -0.15) is 0 Å². The molecule has 35 heavy (non-hydrogen) atoms. The van der Waals surface area contributed by atoms with Crippen LogP contribution in [0, 0.1) is 3.70 Å². The molecule has 10 nitrogen and oxygen atoms in total. The van der Waals surface area contributed by atoms with E-state index in [1.807, 2.05) is 0 Å². The van der Waals surface area contributed by atoms with Gasteiger partial charge >= 0.3 is 0 Å². The first kappa shape index (κ1) is 25.3. The van der Waals surface area contributed by atoms with E-state index in [4.69, 9.17) is 21.4 Å². The summed E-state index contributed by atoms with van der Waals surface area (Å²) in [6, 6.07) is 13.2. The van der Waals surface area contributed by atoms with Crippen molar-refractivity contribution in [3.8, 4) is 17.1 Å². The van der Waals surface area contributed by atoms with E-state index in [2.05, 4.69) is 38.2 Å². The van der Waals surface area contributed by atoms with Crippen LogP contribution < -0.4 is 15.6 Å². The normalized spacial score (nSPS) is 11.9. The van der Waals surface area contributed by atoms with Crippen molar-refractivity contribution in [3.63, 3.8) is 0 Å². The van der Waals surface area contributed by atoms with Gasteiger partial charge in [0.1, 0.15) is 33.5 Å². The molecule has 4 rings (SSSR count). The number of thiophene rings is 1. The van der Waals surface area contributed by atoms with Gasteiger partial charge < -0.3 is 20.3 Å². The molecule has 0 unspecified atom stereocenters. The van der Waals surface area contributed by atoms with Crippen LogP contribution in [-0.4, -0.2) is 55.0 Å². The molecular formula is C22H19ClIN5O5S. The second-order valence-electron chi connectivity index (χ2n) is 7.23. The lowest BCUT2D eigenvalue weighted by Gasteiger charge is -2.16. The highest BCUT2D eigenvalue weighted by Crippen LogP contribution is 2.28. The van der Waals surface area contributed by atoms with Gasteiger partial charge in [0.25, 0.3) is 11.5 Å². The molecule has 0 radical (unpaired) electrons. The maximum Gasteiger partial charge on any atom is 0.261 e. The number of amides is 1. The molecule has 3 N–H and O–H groups in total. The number of carbonyl (C=O) groups excluding carboxylic acids is 1. The topological polar surface area (TPSA) is 132 Å². The molecule has 0 aliphatic heterocycles. The number of aliphatic hydroxyl groups excluding tert-OH is 2. The van der Waals surface area contributed by atoms with E-state index >= 15 is 0 Å². The lowest BCUT2D eigenvalue weighted by molar-refractivity contribution is 0.0535. The maximum absolute atomic E-state index is 12.3. The number of hydrogen-bond acceptors (Lipinski definition) is 8. The number of rotatable bonds is 9. The van der Waals surface area contributed by atoms with E-state index in [0.717, 1.165) is 0 Å². The first-order valence-electron chi connectivity index (χ1n) is 10.2. The summed E-state index contributed by atoms with van der Waals surface area (Å²) in [4.78, 5) is 25.1. The van der Waals surface area contributed by atoms with Crippen LogP contribution in [0.2, 0.25) is 4.34 Å². The Morgan fingerprint density at radius 3 is 2.80 bits per heavy atom. The van der Waals surface area contributed by atoms with Crippen molar-refractivity contribution in [3.05, 3.63) is 83.7 Å². The Bertz CT molecular complexity index is 1400. The fraction of sp³-hybridized carbons (Fsp3) is 0.182. The zero-order valence-electron chi connectivity index (χ0n) is 18.0. The van der Waals surface area contributed by atoms with Gasteiger partial charge in [-0.15, -0.1) is 16.4 Å². The predicted octanol–water partition coefficient (Wildman–Crippen LogP) is 2.40. The highest BCUT2D eigenvalue weighted by molar-refractivity contribution is 14.1. The molecule has 0 bridgehead atoms. The minimum Gasteiger partial charge on any atom is -0.488 e. The number of aromatic nitrogens is 4. The fourth-order valence-electron chi connectivity index (χ4n) is 3.07. The van der Waals surface area contributed by atoms with Gasteiger partial charge in [-0.25, -0.2) is 4.68 Å². The largest absolute Gasteiger partial charge is 0.488 e. The number of halogens is 2. The summed E-state index contributed by atoms with van der Waals surface area (Å²) in [6.45, 7) is -0.495. The molecule has 0 aliphatic carbocycles. The Morgan fingerprint density at radius 1 is 1.26 bits per heavy atom. The van der Waals surface area contributed by atoms with Gasteiger partial charge in [0, 0.05) is 18.3 Å². The summed E-state index contributed by atoms with van der Waals surface area (Å²) >= 11 is 9.14. The van der Waals surface area contributed by atoms with E-state index in [1.165, 1.54) is 26.7 Å². The number of benzene rings is 1. The SMILES string of the molecule is O=C(NCc1nnn(-c2ccc(-n3ccccc3=O)cc2OC[C@H](O)CO)c1I)c1ccc(Cl)s1. The van der Waals surface area contributed by atoms with Gasteiger partial charge in [-0.3, -0.25) is 14.2 Å². The minimum absolute atomic E-state index is 0.142.